The SMILES string of the molecule is CCC(C)N(CCOC)C(=O)N1CCC(CCC(=O)O)C1. The van der Waals surface area contributed by atoms with Crippen LogP contribution in [0.2, 0.25) is 0 Å². The van der Waals surface area contributed by atoms with Crippen LogP contribution in [0.4, 0.5) is 4.79 Å². The molecule has 0 aliphatic carbocycles. The number of ether oxygens (including phenoxy) is 1. The second-order valence-corrected chi connectivity index (χ2v) is 5.76. The number of hydrogen-bond donors (Lipinski definition) is 1. The maximum absolute atomic E-state index is 12.6. The van der Waals surface area contributed by atoms with Crippen LogP contribution >= 0.6 is 0 Å². The molecule has 2 amide bonds. The van der Waals surface area contributed by atoms with E-state index in [9.17, 15) is 9.59 Å². The molecule has 0 saturated carbocycles. The second kappa shape index (κ2) is 8.87. The van der Waals surface area contributed by atoms with Crippen LogP contribution in [0.3, 0.4) is 0 Å². The zero-order valence-electron chi connectivity index (χ0n) is 13.4. The van der Waals surface area contributed by atoms with Gasteiger partial charge in [0.1, 0.15) is 0 Å². The van der Waals surface area contributed by atoms with Gasteiger partial charge in [0.15, 0.2) is 0 Å². The molecule has 6 nitrogen and oxygen atoms in total. The van der Waals surface area contributed by atoms with Crippen molar-refractivity contribution in [3.63, 3.8) is 0 Å². The van der Waals surface area contributed by atoms with Crippen LogP contribution < -0.4 is 0 Å². The molecule has 6 heteroatoms. The van der Waals surface area contributed by atoms with E-state index in [-0.39, 0.29) is 18.5 Å². The molecule has 1 aliphatic rings. The number of nitrogens with zero attached hydrogens (tertiary/aromatic N) is 2. The van der Waals surface area contributed by atoms with Crippen LogP contribution in [0.5, 0.6) is 0 Å². The highest BCUT2D eigenvalue weighted by Crippen LogP contribution is 2.23. The molecular formula is C15H28N2O4. The molecule has 1 heterocycles. The van der Waals surface area contributed by atoms with Crippen LogP contribution in [0.15, 0.2) is 0 Å². The number of hydrogen-bond acceptors (Lipinski definition) is 3. The summed E-state index contributed by atoms with van der Waals surface area (Å²) in [5.41, 5.74) is 0. The van der Waals surface area contributed by atoms with Crippen LogP contribution in [0, 0.1) is 5.92 Å². The Morgan fingerprint density at radius 2 is 2.19 bits per heavy atom. The lowest BCUT2D eigenvalue weighted by molar-refractivity contribution is -0.137. The van der Waals surface area contributed by atoms with Gasteiger partial charge >= 0.3 is 12.0 Å². The fourth-order valence-corrected chi connectivity index (χ4v) is 2.67. The quantitative estimate of drug-likeness (QED) is 0.744. The molecular weight excluding hydrogens is 272 g/mol. The normalized spacial score (nSPS) is 19.6. The fourth-order valence-electron chi connectivity index (χ4n) is 2.67. The summed E-state index contributed by atoms with van der Waals surface area (Å²) in [7, 11) is 1.64. The van der Waals surface area contributed by atoms with E-state index < -0.39 is 5.97 Å². The van der Waals surface area contributed by atoms with Gasteiger partial charge < -0.3 is 19.6 Å². The lowest BCUT2D eigenvalue weighted by atomic mass is 10.0. The van der Waals surface area contributed by atoms with Gasteiger partial charge in [0.25, 0.3) is 0 Å². The van der Waals surface area contributed by atoms with Crippen molar-refractivity contribution in [2.24, 2.45) is 5.92 Å². The average Bonchev–Trinajstić information content (AvgIpc) is 2.93. The maximum atomic E-state index is 12.6. The summed E-state index contributed by atoms with van der Waals surface area (Å²) in [6, 6.07) is 0.241. The second-order valence-electron chi connectivity index (χ2n) is 5.76. The van der Waals surface area contributed by atoms with Crippen molar-refractivity contribution in [1.82, 2.24) is 9.80 Å². The van der Waals surface area contributed by atoms with E-state index in [1.165, 1.54) is 0 Å². The summed E-state index contributed by atoms with van der Waals surface area (Å²) in [5.74, 6) is -0.452. The highest BCUT2D eigenvalue weighted by atomic mass is 16.5. The Morgan fingerprint density at radius 1 is 1.48 bits per heavy atom. The van der Waals surface area contributed by atoms with Crippen molar-refractivity contribution in [3.05, 3.63) is 0 Å². The molecule has 21 heavy (non-hydrogen) atoms. The van der Waals surface area contributed by atoms with Crippen molar-refractivity contribution >= 4 is 12.0 Å². The predicted molar refractivity (Wildman–Crippen MR) is 80.3 cm³/mol. The summed E-state index contributed by atoms with van der Waals surface area (Å²) in [6.45, 7) is 6.64. The minimum Gasteiger partial charge on any atom is -0.481 e. The summed E-state index contributed by atoms with van der Waals surface area (Å²) in [6.07, 6.45) is 2.65. The topological polar surface area (TPSA) is 70.1 Å². The number of methoxy groups -OCH3 is 1. The van der Waals surface area contributed by atoms with Gasteiger partial charge in [-0.15, -0.1) is 0 Å². The molecule has 122 valence electrons. The zero-order valence-corrected chi connectivity index (χ0v) is 13.4. The molecule has 0 spiro atoms. The third-order valence-electron chi connectivity index (χ3n) is 4.23. The fraction of sp³-hybridized carbons (Fsp3) is 0.867. The smallest absolute Gasteiger partial charge is 0.320 e. The third-order valence-corrected chi connectivity index (χ3v) is 4.23. The number of carbonyl (C=O) groups is 2. The molecule has 2 unspecified atom stereocenters. The number of urea groups is 1. The maximum Gasteiger partial charge on any atom is 0.320 e. The number of carbonyl (C=O) groups excluding carboxylic acids is 1. The third kappa shape index (κ3) is 5.53. The van der Waals surface area contributed by atoms with Crippen molar-refractivity contribution in [1.29, 1.82) is 0 Å². The van der Waals surface area contributed by atoms with E-state index in [0.717, 1.165) is 19.4 Å². The van der Waals surface area contributed by atoms with Gasteiger partial charge in [-0.05, 0) is 32.1 Å². The molecule has 0 radical (unpaired) electrons. The summed E-state index contributed by atoms with van der Waals surface area (Å²) >= 11 is 0. The lowest BCUT2D eigenvalue weighted by Crippen LogP contribution is -2.47. The van der Waals surface area contributed by atoms with Crippen LogP contribution in [0.25, 0.3) is 0 Å². The molecule has 1 N–H and O–H groups in total. The number of amides is 2. The van der Waals surface area contributed by atoms with Crippen molar-refractivity contribution in [2.75, 3.05) is 33.4 Å². The Bertz CT molecular complexity index is 349. The van der Waals surface area contributed by atoms with Gasteiger partial charge in [-0.2, -0.15) is 0 Å². The van der Waals surface area contributed by atoms with Crippen LogP contribution in [-0.2, 0) is 9.53 Å². The number of aliphatic carboxylic acids is 1. The van der Waals surface area contributed by atoms with Gasteiger partial charge in [-0.1, -0.05) is 6.92 Å². The first kappa shape index (κ1) is 17.8. The average molecular weight is 300 g/mol. The lowest BCUT2D eigenvalue weighted by Gasteiger charge is -2.32. The molecule has 1 fully saturated rings. The Kier molecular flexibility index (Phi) is 7.50. The first-order chi connectivity index (χ1) is 9.99. The molecule has 2 atom stereocenters. The largest absolute Gasteiger partial charge is 0.481 e. The number of rotatable bonds is 8. The molecule has 0 aromatic heterocycles. The minimum atomic E-state index is -0.763. The van der Waals surface area contributed by atoms with Gasteiger partial charge in [-0.3, -0.25) is 4.79 Å². The van der Waals surface area contributed by atoms with E-state index in [2.05, 4.69) is 6.92 Å². The number of likely N-dealkylation sites (tertiary alicyclic amines) is 1. The molecule has 0 aromatic rings. The zero-order chi connectivity index (χ0) is 15.8. The van der Waals surface area contributed by atoms with Crippen molar-refractivity contribution < 1.29 is 19.4 Å². The Hall–Kier alpha value is -1.30. The monoisotopic (exact) mass is 300 g/mol. The van der Waals surface area contributed by atoms with Gasteiger partial charge in [0.05, 0.1) is 6.61 Å². The summed E-state index contributed by atoms with van der Waals surface area (Å²) in [4.78, 5) is 27.0. The first-order valence-corrected chi connectivity index (χ1v) is 7.75. The standard InChI is InChI=1S/C15H28N2O4/c1-4-12(2)17(9-10-21-3)15(20)16-8-7-13(11-16)5-6-14(18)19/h12-13H,4-11H2,1-3H3,(H,18,19). The Balaban J connectivity index is 2.53. The van der Waals surface area contributed by atoms with Crippen LogP contribution in [0.1, 0.15) is 39.5 Å². The predicted octanol–water partition coefficient (Wildman–Crippen LogP) is 2.04. The highest BCUT2D eigenvalue weighted by molar-refractivity contribution is 5.75. The molecule has 0 bridgehead atoms. The number of carboxylic acid groups (broad SMARTS) is 1. The van der Waals surface area contributed by atoms with E-state index in [0.29, 0.717) is 32.0 Å². The molecule has 0 aromatic carbocycles. The molecule has 1 aliphatic heterocycles. The van der Waals surface area contributed by atoms with E-state index in [4.69, 9.17) is 9.84 Å². The summed E-state index contributed by atoms with van der Waals surface area (Å²) < 4.78 is 5.09. The van der Waals surface area contributed by atoms with Crippen molar-refractivity contribution in [2.45, 2.75) is 45.6 Å². The van der Waals surface area contributed by atoms with Crippen LogP contribution in [-0.4, -0.2) is 66.3 Å². The number of carboxylic acids is 1. The summed E-state index contributed by atoms with van der Waals surface area (Å²) in [5, 5.41) is 8.74. The first-order valence-electron chi connectivity index (χ1n) is 7.75. The molecule has 1 saturated heterocycles. The molecule has 1 rings (SSSR count). The Labute approximate surface area is 127 Å². The van der Waals surface area contributed by atoms with E-state index in [1.807, 2.05) is 16.7 Å². The van der Waals surface area contributed by atoms with Gasteiger partial charge in [0.2, 0.25) is 0 Å². The Morgan fingerprint density at radius 3 is 2.76 bits per heavy atom. The van der Waals surface area contributed by atoms with Gasteiger partial charge in [0, 0.05) is 39.2 Å². The van der Waals surface area contributed by atoms with E-state index >= 15 is 0 Å². The van der Waals surface area contributed by atoms with Gasteiger partial charge in [-0.25, -0.2) is 4.79 Å². The van der Waals surface area contributed by atoms with E-state index in [1.54, 1.807) is 7.11 Å². The van der Waals surface area contributed by atoms with Crippen molar-refractivity contribution in [3.8, 4) is 0 Å². The minimum absolute atomic E-state index is 0.0548. The highest BCUT2D eigenvalue weighted by Gasteiger charge is 2.30.